The Morgan fingerprint density at radius 3 is 3.00 bits per heavy atom. The van der Waals surface area contributed by atoms with E-state index < -0.39 is 0 Å². The first-order valence-corrected chi connectivity index (χ1v) is 5.00. The summed E-state index contributed by atoms with van der Waals surface area (Å²) in [5.74, 6) is 1.89. The van der Waals surface area contributed by atoms with Crippen molar-refractivity contribution in [3.8, 4) is 0 Å². The zero-order valence-electron chi connectivity index (χ0n) is 8.20. The minimum absolute atomic E-state index is 0.680. The number of nitrogens with zero attached hydrogens (tertiary/aromatic N) is 2. The first kappa shape index (κ1) is 7.85. The van der Waals surface area contributed by atoms with Crippen LogP contribution in [0.2, 0.25) is 0 Å². The molecule has 2 aromatic heterocycles. The molecule has 0 aromatic carbocycles. The number of imidazole rings is 1. The molecule has 14 heavy (non-hydrogen) atoms. The van der Waals surface area contributed by atoms with Gasteiger partial charge >= 0.3 is 0 Å². The van der Waals surface area contributed by atoms with Gasteiger partial charge in [-0.1, -0.05) is 0 Å². The third-order valence-electron chi connectivity index (χ3n) is 2.82. The summed E-state index contributed by atoms with van der Waals surface area (Å²) in [7, 11) is 0. The summed E-state index contributed by atoms with van der Waals surface area (Å²) in [4.78, 5) is 4.60. The van der Waals surface area contributed by atoms with Crippen LogP contribution < -0.4 is 5.73 Å². The number of hydrogen-bond donors (Lipinski definition) is 1. The molecule has 0 aliphatic heterocycles. The molecule has 1 saturated carbocycles. The van der Waals surface area contributed by atoms with E-state index in [2.05, 4.69) is 9.38 Å². The average molecular weight is 187 g/mol. The van der Waals surface area contributed by atoms with E-state index >= 15 is 0 Å². The molecule has 72 valence electrons. The van der Waals surface area contributed by atoms with Crippen LogP contribution in [0.3, 0.4) is 0 Å². The molecule has 1 aliphatic carbocycles. The van der Waals surface area contributed by atoms with Gasteiger partial charge in [0.05, 0.1) is 11.2 Å². The Bertz CT molecular complexity index is 494. The van der Waals surface area contributed by atoms with Gasteiger partial charge in [0.2, 0.25) is 0 Å². The highest BCUT2D eigenvalue weighted by molar-refractivity contribution is 5.60. The molecule has 1 aliphatic rings. The lowest BCUT2D eigenvalue weighted by Crippen LogP contribution is -1.93. The van der Waals surface area contributed by atoms with Crippen LogP contribution in [0.1, 0.15) is 30.3 Å². The smallest absolute Gasteiger partial charge is 0.116 e. The molecule has 3 heteroatoms. The SMILES string of the molecule is Cc1nc(C2CC2)n2ccc(N)cc12. The minimum atomic E-state index is 0.680. The van der Waals surface area contributed by atoms with Crippen molar-refractivity contribution in [1.29, 1.82) is 0 Å². The predicted molar refractivity (Wildman–Crippen MR) is 56.3 cm³/mol. The molecule has 2 heterocycles. The minimum Gasteiger partial charge on any atom is -0.399 e. The van der Waals surface area contributed by atoms with Gasteiger partial charge < -0.3 is 10.1 Å². The van der Waals surface area contributed by atoms with E-state index in [1.165, 1.54) is 18.7 Å². The van der Waals surface area contributed by atoms with E-state index in [0.717, 1.165) is 16.9 Å². The second-order valence-corrected chi connectivity index (χ2v) is 4.05. The normalized spacial score (nSPS) is 16.4. The summed E-state index contributed by atoms with van der Waals surface area (Å²) < 4.78 is 2.17. The molecule has 0 spiro atoms. The number of hydrogen-bond acceptors (Lipinski definition) is 2. The Hall–Kier alpha value is -1.51. The summed E-state index contributed by atoms with van der Waals surface area (Å²) >= 11 is 0. The van der Waals surface area contributed by atoms with Gasteiger partial charge in [-0.2, -0.15) is 0 Å². The predicted octanol–water partition coefficient (Wildman–Crippen LogP) is 2.10. The lowest BCUT2D eigenvalue weighted by molar-refractivity contribution is 0.917. The first-order chi connectivity index (χ1) is 6.75. The summed E-state index contributed by atoms with van der Waals surface area (Å²) in [6.45, 7) is 2.04. The first-order valence-electron chi connectivity index (χ1n) is 5.00. The number of anilines is 1. The Morgan fingerprint density at radius 1 is 1.50 bits per heavy atom. The molecule has 3 rings (SSSR count). The van der Waals surface area contributed by atoms with Crippen LogP contribution in [0.4, 0.5) is 5.69 Å². The van der Waals surface area contributed by atoms with E-state index in [9.17, 15) is 0 Å². The molecule has 3 nitrogen and oxygen atoms in total. The number of aromatic nitrogens is 2. The maximum Gasteiger partial charge on any atom is 0.116 e. The molecule has 0 atom stereocenters. The highest BCUT2D eigenvalue weighted by Crippen LogP contribution is 2.40. The van der Waals surface area contributed by atoms with Crippen LogP contribution in [0, 0.1) is 6.92 Å². The maximum absolute atomic E-state index is 5.75. The van der Waals surface area contributed by atoms with Crippen LogP contribution in [-0.4, -0.2) is 9.38 Å². The van der Waals surface area contributed by atoms with Gasteiger partial charge in [0.15, 0.2) is 0 Å². The monoisotopic (exact) mass is 187 g/mol. The highest BCUT2D eigenvalue weighted by atomic mass is 15.0. The van der Waals surface area contributed by atoms with Gasteiger partial charge in [0, 0.05) is 17.8 Å². The quantitative estimate of drug-likeness (QED) is 0.743. The standard InChI is InChI=1S/C11H13N3/c1-7-10-6-9(12)4-5-14(10)11(13-7)8-2-3-8/h4-6,8H,2-3,12H2,1H3. The van der Waals surface area contributed by atoms with Gasteiger partial charge in [0.1, 0.15) is 5.82 Å². The molecule has 0 bridgehead atoms. The zero-order valence-corrected chi connectivity index (χ0v) is 8.20. The lowest BCUT2D eigenvalue weighted by atomic mass is 10.3. The topological polar surface area (TPSA) is 43.3 Å². The van der Waals surface area contributed by atoms with Gasteiger partial charge in [0.25, 0.3) is 0 Å². The molecule has 1 fully saturated rings. The Labute approximate surface area is 82.6 Å². The fourth-order valence-electron chi connectivity index (χ4n) is 1.91. The van der Waals surface area contributed by atoms with Gasteiger partial charge in [-0.05, 0) is 31.9 Å². The summed E-state index contributed by atoms with van der Waals surface area (Å²) in [5.41, 5.74) is 8.79. The van der Waals surface area contributed by atoms with Gasteiger partial charge in [-0.3, -0.25) is 0 Å². The van der Waals surface area contributed by atoms with Crippen LogP contribution in [0.25, 0.3) is 5.52 Å². The second-order valence-electron chi connectivity index (χ2n) is 4.05. The van der Waals surface area contributed by atoms with Crippen molar-refractivity contribution < 1.29 is 0 Å². The fourth-order valence-corrected chi connectivity index (χ4v) is 1.91. The van der Waals surface area contributed by atoms with Crippen LogP contribution in [-0.2, 0) is 0 Å². The number of aryl methyl sites for hydroxylation is 1. The van der Waals surface area contributed by atoms with Gasteiger partial charge in [-0.25, -0.2) is 4.98 Å². The summed E-state index contributed by atoms with van der Waals surface area (Å²) in [6, 6.07) is 3.92. The zero-order chi connectivity index (χ0) is 9.71. The molecule has 2 N–H and O–H groups in total. The van der Waals surface area contributed by atoms with Crippen molar-refractivity contribution in [2.24, 2.45) is 0 Å². The summed E-state index contributed by atoms with van der Waals surface area (Å²) in [5, 5.41) is 0. The van der Waals surface area contributed by atoms with E-state index in [4.69, 9.17) is 5.73 Å². The average Bonchev–Trinajstić information content (AvgIpc) is 2.94. The highest BCUT2D eigenvalue weighted by Gasteiger charge is 2.28. The Morgan fingerprint density at radius 2 is 2.29 bits per heavy atom. The van der Waals surface area contributed by atoms with Gasteiger partial charge in [-0.15, -0.1) is 0 Å². The Balaban J connectivity index is 2.32. The van der Waals surface area contributed by atoms with Crippen molar-refractivity contribution in [2.75, 3.05) is 5.73 Å². The fraction of sp³-hybridized carbons (Fsp3) is 0.364. The second kappa shape index (κ2) is 2.50. The number of pyridine rings is 1. The number of nitrogen functional groups attached to an aromatic ring is 1. The molecule has 0 radical (unpaired) electrons. The Kier molecular flexibility index (Phi) is 1.40. The van der Waals surface area contributed by atoms with Crippen molar-refractivity contribution in [3.63, 3.8) is 0 Å². The van der Waals surface area contributed by atoms with E-state index in [1.54, 1.807) is 0 Å². The molecular weight excluding hydrogens is 174 g/mol. The molecule has 0 saturated heterocycles. The maximum atomic E-state index is 5.75. The van der Waals surface area contributed by atoms with E-state index in [0.29, 0.717) is 5.92 Å². The molecule has 0 amide bonds. The summed E-state index contributed by atoms with van der Waals surface area (Å²) in [6.07, 6.45) is 4.59. The number of fused-ring (bicyclic) bond motifs is 1. The largest absolute Gasteiger partial charge is 0.399 e. The van der Waals surface area contributed by atoms with E-state index in [1.807, 2.05) is 25.3 Å². The molecule has 2 aromatic rings. The van der Waals surface area contributed by atoms with Crippen molar-refractivity contribution in [3.05, 3.63) is 29.8 Å². The van der Waals surface area contributed by atoms with Crippen LogP contribution in [0.15, 0.2) is 18.3 Å². The van der Waals surface area contributed by atoms with Crippen LogP contribution >= 0.6 is 0 Å². The number of nitrogens with two attached hydrogens (primary N) is 1. The lowest BCUT2D eigenvalue weighted by Gasteiger charge is -1.99. The third kappa shape index (κ3) is 1.02. The van der Waals surface area contributed by atoms with E-state index in [-0.39, 0.29) is 0 Å². The molecule has 0 unspecified atom stereocenters. The van der Waals surface area contributed by atoms with Crippen molar-refractivity contribution in [1.82, 2.24) is 9.38 Å². The number of rotatable bonds is 1. The third-order valence-corrected chi connectivity index (χ3v) is 2.82. The molecular formula is C11H13N3. The van der Waals surface area contributed by atoms with Crippen molar-refractivity contribution >= 4 is 11.2 Å². The van der Waals surface area contributed by atoms with Crippen LogP contribution in [0.5, 0.6) is 0 Å². The van der Waals surface area contributed by atoms with Crippen molar-refractivity contribution in [2.45, 2.75) is 25.7 Å².